The number of tetrazole rings is 1. The maximum Gasteiger partial charge on any atom is 0.311 e. The number of nitrogens with one attached hydrogen (secondary N) is 1. The number of nitro benzene ring substituents is 1. The molecule has 0 aliphatic rings. The third-order valence-corrected chi connectivity index (χ3v) is 7.52. The maximum atomic E-state index is 13.3. The molecule has 230 valence electrons. The van der Waals surface area contributed by atoms with Gasteiger partial charge in [0.1, 0.15) is 17.2 Å². The molecular weight excluding hydrogens is 588 g/mol. The molecule has 12 heteroatoms. The van der Waals surface area contributed by atoms with Crippen LogP contribution < -0.4 is 14.8 Å². The van der Waals surface area contributed by atoms with Crippen molar-refractivity contribution in [1.29, 1.82) is 0 Å². The number of rotatable bonds is 10. The van der Waals surface area contributed by atoms with E-state index >= 15 is 0 Å². The summed E-state index contributed by atoms with van der Waals surface area (Å²) >= 11 is 0. The van der Waals surface area contributed by atoms with Crippen molar-refractivity contribution in [2.24, 2.45) is 0 Å². The van der Waals surface area contributed by atoms with Crippen LogP contribution in [0.4, 0.5) is 11.4 Å². The quantitative estimate of drug-likeness (QED) is 0.131. The molecule has 0 atom stereocenters. The normalized spacial score (nSPS) is 10.9. The number of nitrogens with zero attached hydrogens (tertiary/aromatic N) is 5. The number of hydrogen-bond donors (Lipinski definition) is 2. The van der Waals surface area contributed by atoms with Gasteiger partial charge in [-0.05, 0) is 64.4 Å². The lowest BCUT2D eigenvalue weighted by molar-refractivity contribution is -0.385. The van der Waals surface area contributed by atoms with E-state index in [4.69, 9.17) is 9.47 Å². The first-order valence-electron chi connectivity index (χ1n) is 14.3. The molecule has 6 rings (SSSR count). The summed E-state index contributed by atoms with van der Waals surface area (Å²) in [5.74, 6) is 0.603. The number of anilines is 1. The summed E-state index contributed by atoms with van der Waals surface area (Å²) in [4.78, 5) is 25.0. The Labute approximate surface area is 263 Å². The fourth-order valence-electron chi connectivity index (χ4n) is 5.07. The van der Waals surface area contributed by atoms with E-state index in [2.05, 4.69) is 20.8 Å². The van der Waals surface area contributed by atoms with Gasteiger partial charge in [-0.25, -0.2) is 4.68 Å². The lowest BCUT2D eigenvalue weighted by Gasteiger charge is -2.15. The average Bonchev–Trinajstić information content (AvgIpc) is 3.50. The van der Waals surface area contributed by atoms with Gasteiger partial charge < -0.3 is 19.9 Å². The molecular formula is C34H28N6O6. The van der Waals surface area contributed by atoms with Gasteiger partial charge in [0.05, 0.1) is 24.1 Å². The van der Waals surface area contributed by atoms with Crippen LogP contribution >= 0.6 is 0 Å². The van der Waals surface area contributed by atoms with Crippen molar-refractivity contribution in [2.45, 2.75) is 19.9 Å². The minimum absolute atomic E-state index is 0.0346. The van der Waals surface area contributed by atoms with Crippen molar-refractivity contribution < 1.29 is 24.3 Å². The predicted octanol–water partition coefficient (Wildman–Crippen LogP) is 6.44. The van der Waals surface area contributed by atoms with Gasteiger partial charge in [0.2, 0.25) is 5.75 Å². The molecule has 0 unspecified atom stereocenters. The Bertz CT molecular complexity index is 2080. The van der Waals surface area contributed by atoms with E-state index in [-0.39, 0.29) is 34.9 Å². The molecule has 0 saturated carbocycles. The molecule has 0 spiro atoms. The number of methoxy groups -OCH3 is 1. The number of hydrogen-bond acceptors (Lipinski definition) is 9. The highest BCUT2D eigenvalue weighted by atomic mass is 16.6. The topological polar surface area (TPSA) is 155 Å². The van der Waals surface area contributed by atoms with Crippen molar-refractivity contribution in [3.8, 4) is 23.0 Å². The van der Waals surface area contributed by atoms with Crippen LogP contribution in [0.15, 0.2) is 97.1 Å². The smallest absolute Gasteiger partial charge is 0.311 e. The highest BCUT2D eigenvalue weighted by molar-refractivity contribution is 6.11. The third kappa shape index (κ3) is 6.17. The van der Waals surface area contributed by atoms with Crippen molar-refractivity contribution in [1.82, 2.24) is 20.2 Å². The molecule has 0 fully saturated rings. The van der Waals surface area contributed by atoms with Crippen molar-refractivity contribution >= 4 is 28.1 Å². The van der Waals surface area contributed by atoms with Crippen LogP contribution in [0.25, 0.3) is 10.8 Å². The summed E-state index contributed by atoms with van der Waals surface area (Å²) in [7, 11) is 1.60. The summed E-state index contributed by atoms with van der Waals surface area (Å²) in [6, 6.07) is 27.6. The number of aryl methyl sites for hydroxylation is 1. The minimum Gasteiger partial charge on any atom is -0.506 e. The number of aromatic hydroxyl groups is 1. The zero-order chi connectivity index (χ0) is 32.2. The molecule has 0 bridgehead atoms. The number of para-hydroxylation sites is 1. The van der Waals surface area contributed by atoms with Crippen LogP contribution in [-0.4, -0.2) is 43.3 Å². The Morgan fingerprint density at radius 2 is 1.65 bits per heavy atom. The van der Waals surface area contributed by atoms with Crippen LogP contribution in [0.1, 0.15) is 32.9 Å². The van der Waals surface area contributed by atoms with Crippen LogP contribution in [0, 0.1) is 17.0 Å². The van der Waals surface area contributed by atoms with Gasteiger partial charge >= 0.3 is 5.69 Å². The first-order valence-corrected chi connectivity index (χ1v) is 14.3. The summed E-state index contributed by atoms with van der Waals surface area (Å²) < 4.78 is 13.0. The first kappa shape index (κ1) is 29.8. The second kappa shape index (κ2) is 12.7. The lowest BCUT2D eigenvalue weighted by atomic mass is 10.0. The SMILES string of the molecule is COc1ccc(Cn2nnnc2Cc2ccc(Oc3cc(C(=O)Nc4ccccc4C)c(O)c4ccccc34)c([N+](=O)[O-])c2)cc1. The van der Waals surface area contributed by atoms with E-state index in [9.17, 15) is 20.0 Å². The number of carbonyl (C=O) groups is 1. The minimum atomic E-state index is -0.556. The fourth-order valence-corrected chi connectivity index (χ4v) is 5.07. The molecule has 1 aromatic heterocycles. The van der Waals surface area contributed by atoms with E-state index in [1.807, 2.05) is 43.3 Å². The fraction of sp³-hybridized carbons (Fsp3) is 0.118. The van der Waals surface area contributed by atoms with Gasteiger partial charge in [0, 0.05) is 28.9 Å². The molecule has 1 amide bonds. The molecule has 0 aliphatic heterocycles. The van der Waals surface area contributed by atoms with Gasteiger partial charge in [0.15, 0.2) is 5.82 Å². The van der Waals surface area contributed by atoms with Gasteiger partial charge in [-0.2, -0.15) is 0 Å². The number of benzene rings is 5. The molecule has 0 aliphatic carbocycles. The van der Waals surface area contributed by atoms with Gasteiger partial charge in [0.25, 0.3) is 5.91 Å². The molecule has 46 heavy (non-hydrogen) atoms. The van der Waals surface area contributed by atoms with Gasteiger partial charge in [-0.1, -0.05) is 60.7 Å². The summed E-state index contributed by atoms with van der Waals surface area (Å²) in [5, 5.41) is 38.9. The van der Waals surface area contributed by atoms with Crippen LogP contribution in [0.5, 0.6) is 23.0 Å². The molecule has 12 nitrogen and oxygen atoms in total. The first-order chi connectivity index (χ1) is 22.3. The van der Waals surface area contributed by atoms with Crippen molar-refractivity contribution in [3.63, 3.8) is 0 Å². The van der Waals surface area contributed by atoms with E-state index < -0.39 is 10.8 Å². The monoisotopic (exact) mass is 616 g/mol. The van der Waals surface area contributed by atoms with Crippen LogP contribution in [0.2, 0.25) is 0 Å². The molecule has 6 aromatic rings. The highest BCUT2D eigenvalue weighted by Gasteiger charge is 2.23. The second-order valence-corrected chi connectivity index (χ2v) is 10.5. The summed E-state index contributed by atoms with van der Waals surface area (Å²) in [5.41, 5.74) is 2.66. The number of phenolic OH excluding ortho intramolecular Hbond substituents is 1. The standard InChI is InChI=1S/C34H28N6O6/c1-21-7-3-6-10-28(21)35-34(42)27-19-31(25-8-4-5-9-26(25)33(27)41)46-30-16-13-23(17-29(30)40(43)44)18-32-36-37-38-39(32)20-22-11-14-24(45-2)15-12-22/h3-17,19,41H,18,20H2,1-2H3,(H,35,42). The Balaban J connectivity index is 1.29. The molecule has 1 heterocycles. The predicted molar refractivity (Wildman–Crippen MR) is 171 cm³/mol. The summed E-state index contributed by atoms with van der Waals surface area (Å²) in [6.07, 6.45) is 0.232. The van der Waals surface area contributed by atoms with E-state index in [0.29, 0.717) is 34.4 Å². The Hall–Kier alpha value is -6.30. The van der Waals surface area contributed by atoms with Crippen LogP contribution in [-0.2, 0) is 13.0 Å². The second-order valence-electron chi connectivity index (χ2n) is 10.5. The Morgan fingerprint density at radius 3 is 2.39 bits per heavy atom. The van der Waals surface area contributed by atoms with Crippen LogP contribution in [0.3, 0.4) is 0 Å². The van der Waals surface area contributed by atoms with E-state index in [1.165, 1.54) is 18.2 Å². The zero-order valence-corrected chi connectivity index (χ0v) is 24.9. The van der Waals surface area contributed by atoms with Gasteiger partial charge in [-0.3, -0.25) is 14.9 Å². The molecule has 0 radical (unpaired) electrons. The van der Waals surface area contributed by atoms with Crippen molar-refractivity contribution in [2.75, 3.05) is 12.4 Å². The molecule has 5 aromatic carbocycles. The Kier molecular flexibility index (Phi) is 8.24. The van der Waals surface area contributed by atoms with E-state index in [0.717, 1.165) is 16.9 Å². The number of amides is 1. The molecule has 2 N–H and O–H groups in total. The third-order valence-electron chi connectivity index (χ3n) is 7.52. The number of aromatic nitrogens is 4. The number of phenols is 1. The number of nitro groups is 1. The highest BCUT2D eigenvalue weighted by Crippen LogP contribution is 2.41. The number of ether oxygens (including phenoxy) is 2. The number of carbonyl (C=O) groups excluding carboxylic acids is 1. The van der Waals surface area contributed by atoms with E-state index in [1.54, 1.807) is 54.3 Å². The van der Waals surface area contributed by atoms with Crippen molar-refractivity contribution in [3.05, 3.63) is 135 Å². The lowest BCUT2D eigenvalue weighted by Crippen LogP contribution is -2.13. The average molecular weight is 617 g/mol. The zero-order valence-electron chi connectivity index (χ0n) is 24.9. The Morgan fingerprint density at radius 1 is 0.935 bits per heavy atom. The largest absolute Gasteiger partial charge is 0.506 e. The van der Waals surface area contributed by atoms with Gasteiger partial charge in [-0.15, -0.1) is 5.10 Å². The summed E-state index contributed by atoms with van der Waals surface area (Å²) in [6.45, 7) is 2.26. The molecule has 0 saturated heterocycles. The number of fused-ring (bicyclic) bond motifs is 1. The maximum absolute atomic E-state index is 13.3.